The summed E-state index contributed by atoms with van der Waals surface area (Å²) in [5.41, 5.74) is 1.19. The van der Waals surface area contributed by atoms with E-state index in [-0.39, 0.29) is 5.56 Å². The van der Waals surface area contributed by atoms with E-state index in [1.807, 2.05) is 6.07 Å². The normalized spacial score (nSPS) is 9.78. The van der Waals surface area contributed by atoms with E-state index in [2.05, 4.69) is 10.1 Å². The molecule has 0 saturated carbocycles. The molecular formula is C17H15NO5. The monoisotopic (exact) mass is 313 g/mol. The van der Waals surface area contributed by atoms with E-state index in [9.17, 15) is 14.4 Å². The third-order valence-electron chi connectivity index (χ3n) is 2.93. The number of rotatable bonds is 5. The van der Waals surface area contributed by atoms with Crippen LogP contribution in [0.1, 0.15) is 20.7 Å². The second-order valence-electron chi connectivity index (χ2n) is 4.56. The van der Waals surface area contributed by atoms with Gasteiger partial charge in [0.15, 0.2) is 6.61 Å². The molecule has 0 spiro atoms. The van der Waals surface area contributed by atoms with Crippen LogP contribution in [0.25, 0.3) is 0 Å². The zero-order chi connectivity index (χ0) is 16.7. The molecule has 0 unspecified atom stereocenters. The minimum absolute atomic E-state index is 0.241. The Morgan fingerprint density at radius 2 is 1.43 bits per heavy atom. The van der Waals surface area contributed by atoms with Gasteiger partial charge in [-0.1, -0.05) is 18.2 Å². The first kappa shape index (κ1) is 16.2. The van der Waals surface area contributed by atoms with Gasteiger partial charge in [0.1, 0.15) is 0 Å². The van der Waals surface area contributed by atoms with E-state index in [0.29, 0.717) is 11.3 Å². The Morgan fingerprint density at radius 1 is 0.870 bits per heavy atom. The molecule has 23 heavy (non-hydrogen) atoms. The molecule has 0 aliphatic heterocycles. The molecule has 2 rings (SSSR count). The van der Waals surface area contributed by atoms with Crippen molar-refractivity contribution in [3.8, 4) is 0 Å². The Kier molecular flexibility index (Phi) is 5.46. The maximum Gasteiger partial charge on any atom is 0.338 e. The molecule has 1 amide bonds. The largest absolute Gasteiger partial charge is 0.465 e. The van der Waals surface area contributed by atoms with Crippen molar-refractivity contribution in [2.75, 3.05) is 19.0 Å². The lowest BCUT2D eigenvalue weighted by Gasteiger charge is -2.07. The Morgan fingerprint density at radius 3 is 2.00 bits per heavy atom. The smallest absolute Gasteiger partial charge is 0.338 e. The zero-order valence-corrected chi connectivity index (χ0v) is 12.4. The van der Waals surface area contributed by atoms with E-state index in [0.717, 1.165) is 0 Å². The number of methoxy groups -OCH3 is 1. The quantitative estimate of drug-likeness (QED) is 0.856. The fraction of sp³-hybridized carbons (Fsp3) is 0.118. The average molecular weight is 313 g/mol. The Balaban J connectivity index is 1.87. The number of hydrogen-bond acceptors (Lipinski definition) is 5. The van der Waals surface area contributed by atoms with Gasteiger partial charge in [0.05, 0.1) is 18.2 Å². The van der Waals surface area contributed by atoms with Gasteiger partial charge in [0, 0.05) is 5.69 Å². The number of amides is 1. The van der Waals surface area contributed by atoms with Gasteiger partial charge >= 0.3 is 11.9 Å². The lowest BCUT2D eigenvalue weighted by Crippen LogP contribution is -2.20. The van der Waals surface area contributed by atoms with Crippen LogP contribution in [0.3, 0.4) is 0 Å². The first-order valence-electron chi connectivity index (χ1n) is 6.80. The maximum absolute atomic E-state index is 11.8. The summed E-state index contributed by atoms with van der Waals surface area (Å²) in [6, 6.07) is 14.6. The Hall–Kier alpha value is -3.15. The van der Waals surface area contributed by atoms with Gasteiger partial charge in [0.25, 0.3) is 5.91 Å². The highest BCUT2D eigenvalue weighted by Gasteiger charge is 2.12. The third kappa shape index (κ3) is 4.67. The van der Waals surface area contributed by atoms with Crippen LogP contribution in [-0.2, 0) is 14.3 Å². The first-order chi connectivity index (χ1) is 11.1. The van der Waals surface area contributed by atoms with E-state index >= 15 is 0 Å². The number of ether oxygens (including phenoxy) is 2. The highest BCUT2D eigenvalue weighted by atomic mass is 16.5. The Labute approximate surface area is 133 Å². The molecular weight excluding hydrogens is 298 g/mol. The molecule has 0 fully saturated rings. The second kappa shape index (κ2) is 7.74. The molecule has 0 aliphatic rings. The predicted molar refractivity (Wildman–Crippen MR) is 83.1 cm³/mol. The number of para-hydroxylation sites is 1. The molecule has 0 radical (unpaired) electrons. The molecule has 6 nitrogen and oxygen atoms in total. The van der Waals surface area contributed by atoms with Crippen LogP contribution in [0.5, 0.6) is 0 Å². The van der Waals surface area contributed by atoms with Crippen LogP contribution in [0.2, 0.25) is 0 Å². The van der Waals surface area contributed by atoms with Crippen molar-refractivity contribution >= 4 is 23.5 Å². The molecule has 0 saturated heterocycles. The van der Waals surface area contributed by atoms with E-state index in [1.165, 1.54) is 31.4 Å². The number of carbonyl (C=O) groups excluding carboxylic acids is 3. The van der Waals surface area contributed by atoms with E-state index < -0.39 is 24.5 Å². The highest BCUT2D eigenvalue weighted by molar-refractivity contribution is 5.96. The summed E-state index contributed by atoms with van der Waals surface area (Å²) in [6.45, 7) is -0.396. The van der Waals surface area contributed by atoms with Crippen molar-refractivity contribution < 1.29 is 23.9 Å². The lowest BCUT2D eigenvalue weighted by atomic mass is 10.1. The third-order valence-corrected chi connectivity index (χ3v) is 2.93. The SMILES string of the molecule is COC(=O)c1ccc(C(=O)OCC(=O)Nc2ccccc2)cc1. The van der Waals surface area contributed by atoms with Crippen LogP contribution in [0, 0.1) is 0 Å². The molecule has 0 atom stereocenters. The van der Waals surface area contributed by atoms with Crippen molar-refractivity contribution in [3.05, 3.63) is 65.7 Å². The van der Waals surface area contributed by atoms with Crippen LogP contribution >= 0.6 is 0 Å². The molecule has 1 N–H and O–H groups in total. The summed E-state index contributed by atoms with van der Waals surface area (Å²) < 4.78 is 9.49. The molecule has 2 aromatic rings. The standard InChI is InChI=1S/C17H15NO5/c1-22-16(20)12-7-9-13(10-8-12)17(21)23-11-15(19)18-14-5-3-2-4-6-14/h2-10H,11H2,1H3,(H,18,19). The molecule has 0 aliphatic carbocycles. The van der Waals surface area contributed by atoms with Crippen LogP contribution < -0.4 is 5.32 Å². The number of anilines is 1. The molecule has 6 heteroatoms. The zero-order valence-electron chi connectivity index (χ0n) is 12.4. The van der Waals surface area contributed by atoms with Gasteiger partial charge in [-0.25, -0.2) is 9.59 Å². The van der Waals surface area contributed by atoms with Crippen molar-refractivity contribution in [2.45, 2.75) is 0 Å². The summed E-state index contributed by atoms with van der Waals surface area (Å²) >= 11 is 0. The van der Waals surface area contributed by atoms with Gasteiger partial charge in [0.2, 0.25) is 0 Å². The van der Waals surface area contributed by atoms with E-state index in [1.54, 1.807) is 24.3 Å². The molecule has 118 valence electrons. The highest BCUT2D eigenvalue weighted by Crippen LogP contribution is 2.08. The molecule has 0 aromatic heterocycles. The maximum atomic E-state index is 11.8. The number of nitrogens with one attached hydrogen (secondary N) is 1. The van der Waals surface area contributed by atoms with Crippen LogP contribution in [0.15, 0.2) is 54.6 Å². The van der Waals surface area contributed by atoms with Crippen molar-refractivity contribution in [2.24, 2.45) is 0 Å². The lowest BCUT2D eigenvalue weighted by molar-refractivity contribution is -0.119. The van der Waals surface area contributed by atoms with Crippen LogP contribution in [-0.4, -0.2) is 31.6 Å². The Bertz CT molecular complexity index is 695. The van der Waals surface area contributed by atoms with Gasteiger partial charge in [-0.15, -0.1) is 0 Å². The number of hydrogen-bond donors (Lipinski definition) is 1. The second-order valence-corrected chi connectivity index (χ2v) is 4.56. The van der Waals surface area contributed by atoms with Gasteiger partial charge in [-0.2, -0.15) is 0 Å². The van der Waals surface area contributed by atoms with Crippen LogP contribution in [0.4, 0.5) is 5.69 Å². The summed E-state index contributed by atoms with van der Waals surface area (Å²) in [6.07, 6.45) is 0. The van der Waals surface area contributed by atoms with Crippen molar-refractivity contribution in [3.63, 3.8) is 0 Å². The van der Waals surface area contributed by atoms with Crippen molar-refractivity contribution in [1.29, 1.82) is 0 Å². The summed E-state index contributed by atoms with van der Waals surface area (Å²) in [4.78, 5) is 34.8. The van der Waals surface area contributed by atoms with Gasteiger partial charge in [-0.3, -0.25) is 4.79 Å². The van der Waals surface area contributed by atoms with E-state index in [4.69, 9.17) is 4.74 Å². The summed E-state index contributed by atoms with van der Waals surface area (Å²) in [7, 11) is 1.27. The predicted octanol–water partition coefficient (Wildman–Crippen LogP) is 2.27. The number of benzene rings is 2. The summed E-state index contributed by atoms with van der Waals surface area (Å²) in [5, 5.41) is 2.60. The molecule has 0 heterocycles. The van der Waals surface area contributed by atoms with Crippen molar-refractivity contribution in [1.82, 2.24) is 0 Å². The summed E-state index contributed by atoms with van der Waals surface area (Å²) in [5.74, 6) is -1.58. The minimum Gasteiger partial charge on any atom is -0.465 e. The fourth-order valence-electron chi connectivity index (χ4n) is 1.79. The number of esters is 2. The first-order valence-corrected chi connectivity index (χ1v) is 6.80. The molecule has 2 aromatic carbocycles. The minimum atomic E-state index is -0.648. The average Bonchev–Trinajstić information content (AvgIpc) is 2.60. The van der Waals surface area contributed by atoms with Gasteiger partial charge in [-0.05, 0) is 36.4 Å². The molecule has 0 bridgehead atoms. The fourth-order valence-corrected chi connectivity index (χ4v) is 1.79. The topological polar surface area (TPSA) is 81.7 Å². The number of carbonyl (C=O) groups is 3. The van der Waals surface area contributed by atoms with Gasteiger partial charge < -0.3 is 14.8 Å².